The summed E-state index contributed by atoms with van der Waals surface area (Å²) in [5.74, 6) is 3.39. The van der Waals surface area contributed by atoms with E-state index in [0.717, 1.165) is 73.2 Å². The second-order valence-corrected chi connectivity index (χ2v) is 11.6. The first kappa shape index (κ1) is 30.2. The van der Waals surface area contributed by atoms with E-state index in [9.17, 15) is 10.1 Å². The summed E-state index contributed by atoms with van der Waals surface area (Å²) in [6, 6.07) is 13.9. The van der Waals surface area contributed by atoms with Crippen molar-refractivity contribution < 1.29 is 9.53 Å². The van der Waals surface area contributed by atoms with Crippen molar-refractivity contribution in [3.63, 3.8) is 0 Å². The number of fused-ring (bicyclic) bond motifs is 1. The predicted molar refractivity (Wildman–Crippen MR) is 165 cm³/mol. The summed E-state index contributed by atoms with van der Waals surface area (Å²) in [6.45, 7) is 9.61. The lowest BCUT2D eigenvalue weighted by molar-refractivity contribution is -0.130. The van der Waals surface area contributed by atoms with Crippen LogP contribution < -0.4 is 15.4 Å². The molecular formula is C35H44N4O2. The zero-order valence-corrected chi connectivity index (χ0v) is 25.2. The van der Waals surface area contributed by atoms with Gasteiger partial charge < -0.3 is 15.0 Å². The molecule has 1 aliphatic carbocycles. The molecule has 6 nitrogen and oxygen atoms in total. The van der Waals surface area contributed by atoms with Crippen LogP contribution in [-0.4, -0.2) is 36.2 Å². The average Bonchev–Trinajstić information content (AvgIpc) is 2.99. The van der Waals surface area contributed by atoms with Gasteiger partial charge in [0.2, 0.25) is 0 Å². The number of terminal acetylenes is 1. The molecule has 2 aromatic rings. The van der Waals surface area contributed by atoms with Gasteiger partial charge in [-0.05, 0) is 91.9 Å². The van der Waals surface area contributed by atoms with Crippen molar-refractivity contribution in [1.29, 1.82) is 5.26 Å². The maximum absolute atomic E-state index is 13.3. The number of nitrogens with one attached hydrogen (secondary N) is 2. The highest BCUT2D eigenvalue weighted by Gasteiger charge is 2.38. The molecule has 2 unspecified atom stereocenters. The number of nitriles is 1. The lowest BCUT2D eigenvalue weighted by Crippen LogP contribution is -2.54. The summed E-state index contributed by atoms with van der Waals surface area (Å²) in [5.41, 5.74) is 5.54. The van der Waals surface area contributed by atoms with Crippen molar-refractivity contribution in [3.05, 3.63) is 70.3 Å². The van der Waals surface area contributed by atoms with Crippen LogP contribution in [0.3, 0.4) is 0 Å². The highest BCUT2D eigenvalue weighted by Crippen LogP contribution is 2.41. The van der Waals surface area contributed by atoms with Gasteiger partial charge in [0.15, 0.2) is 0 Å². The van der Waals surface area contributed by atoms with E-state index in [0.29, 0.717) is 17.9 Å². The minimum Gasteiger partial charge on any atom is -0.497 e. The molecule has 0 saturated heterocycles. The third-order valence-corrected chi connectivity index (χ3v) is 8.66. The minimum absolute atomic E-state index is 0.231. The number of allylic oxidation sites excluding steroid dienone is 1. The number of ether oxygens (including phenoxy) is 1. The van der Waals surface area contributed by atoms with E-state index in [1.54, 1.807) is 12.0 Å². The first-order chi connectivity index (χ1) is 19.8. The molecule has 1 aliphatic heterocycles. The largest absolute Gasteiger partial charge is 0.497 e. The van der Waals surface area contributed by atoms with E-state index < -0.39 is 6.04 Å². The molecule has 2 aromatic carbocycles. The van der Waals surface area contributed by atoms with Crippen LogP contribution >= 0.6 is 0 Å². The number of nitrogens with zero attached hydrogens (tertiary/aromatic N) is 2. The number of amides is 1. The number of carbonyl (C=O) groups is 1. The molecule has 216 valence electrons. The van der Waals surface area contributed by atoms with Crippen LogP contribution in [0.2, 0.25) is 0 Å². The lowest BCUT2D eigenvalue weighted by atomic mass is 9.76. The molecule has 41 heavy (non-hydrogen) atoms. The fraction of sp³-hybridized carbons (Fsp3) is 0.486. The summed E-state index contributed by atoms with van der Waals surface area (Å²) in [6.07, 6.45) is 14.8. The van der Waals surface area contributed by atoms with E-state index in [2.05, 4.69) is 56.4 Å². The van der Waals surface area contributed by atoms with Crippen LogP contribution in [0.4, 0.5) is 5.69 Å². The Hall–Kier alpha value is -3.74. The van der Waals surface area contributed by atoms with Crippen LogP contribution in [0.15, 0.2) is 48.0 Å². The number of rotatable bonds is 10. The minimum atomic E-state index is -0.435. The molecule has 0 aromatic heterocycles. The number of hydrogen-bond acceptors (Lipinski definition) is 5. The third-order valence-electron chi connectivity index (χ3n) is 8.66. The van der Waals surface area contributed by atoms with E-state index in [-0.39, 0.29) is 17.6 Å². The molecule has 0 bridgehead atoms. The maximum atomic E-state index is 13.3. The van der Waals surface area contributed by atoms with Gasteiger partial charge in [-0.1, -0.05) is 57.4 Å². The first-order valence-corrected chi connectivity index (χ1v) is 15.0. The van der Waals surface area contributed by atoms with Crippen molar-refractivity contribution in [2.45, 2.75) is 90.4 Å². The summed E-state index contributed by atoms with van der Waals surface area (Å²) in [7, 11) is 1.66. The maximum Gasteiger partial charge on any atom is 0.300 e. The normalized spacial score (nSPS) is 23.5. The fourth-order valence-corrected chi connectivity index (χ4v) is 6.55. The molecule has 0 spiro atoms. The fourth-order valence-electron chi connectivity index (χ4n) is 6.55. The van der Waals surface area contributed by atoms with E-state index in [4.69, 9.17) is 11.2 Å². The molecule has 4 atom stereocenters. The highest BCUT2D eigenvalue weighted by atomic mass is 16.5. The number of carbonyl (C=O) groups excluding carboxylic acids is 1. The molecule has 1 amide bonds. The Labute approximate surface area is 246 Å². The molecule has 6 heteroatoms. The monoisotopic (exact) mass is 552 g/mol. The molecule has 2 aliphatic rings. The van der Waals surface area contributed by atoms with E-state index in [1.807, 2.05) is 36.4 Å². The molecule has 1 heterocycles. The summed E-state index contributed by atoms with van der Waals surface area (Å²) in [5, 5.41) is 17.6. The molecule has 0 radical (unpaired) electrons. The smallest absolute Gasteiger partial charge is 0.300 e. The van der Waals surface area contributed by atoms with Gasteiger partial charge in [-0.25, -0.2) is 0 Å². The Morgan fingerprint density at radius 1 is 1.20 bits per heavy atom. The number of benzene rings is 2. The standard InChI is InChI=1S/C35H44N4O2/c1-7-11-16-37-32-20-27-19-29(41-6)13-14-30(27)34(39(32)33(40)10-4)26-12-15-31(28(18-26)23-36)38-35(5)21-24(8-2)17-25(9-3)22-35/h4,12-15,18-19,21,25,32,34,37-38H,7-9,11,16-17,20,22H2,1-3,5-6H3/t25?,32-,34-,35?/m1/s1. The van der Waals surface area contributed by atoms with Crippen LogP contribution in [0, 0.1) is 29.6 Å². The zero-order chi connectivity index (χ0) is 29.6. The number of hydrogen-bond donors (Lipinski definition) is 2. The number of methoxy groups -OCH3 is 1. The molecular weight excluding hydrogens is 508 g/mol. The Balaban J connectivity index is 1.77. The van der Waals surface area contributed by atoms with Crippen molar-refractivity contribution in [3.8, 4) is 24.2 Å². The molecule has 0 saturated carbocycles. The van der Waals surface area contributed by atoms with Gasteiger partial charge in [0.05, 0.1) is 36.1 Å². The predicted octanol–water partition coefficient (Wildman–Crippen LogP) is 6.72. The van der Waals surface area contributed by atoms with Crippen molar-refractivity contribution in [2.75, 3.05) is 19.0 Å². The SMILES string of the molecule is C#CC(=O)N1[C@H](c2ccc(NC3(C)C=C(CC)CC(CC)C3)c(C#N)c2)c2ccc(OC)cc2C[C@@H]1NCCCC. The van der Waals surface area contributed by atoms with Gasteiger partial charge in [-0.2, -0.15) is 5.26 Å². The van der Waals surface area contributed by atoms with Gasteiger partial charge in [0, 0.05) is 6.42 Å². The first-order valence-electron chi connectivity index (χ1n) is 15.0. The zero-order valence-electron chi connectivity index (χ0n) is 25.2. The van der Waals surface area contributed by atoms with Crippen LogP contribution in [-0.2, 0) is 11.2 Å². The Bertz CT molecular complexity index is 1370. The van der Waals surface area contributed by atoms with Crippen LogP contribution in [0.25, 0.3) is 0 Å². The van der Waals surface area contributed by atoms with Gasteiger partial charge in [-0.3, -0.25) is 10.1 Å². The Morgan fingerprint density at radius 3 is 2.66 bits per heavy atom. The number of unbranched alkanes of at least 4 members (excludes halogenated alkanes) is 1. The average molecular weight is 553 g/mol. The van der Waals surface area contributed by atoms with Crippen LogP contribution in [0.1, 0.15) is 94.5 Å². The third kappa shape index (κ3) is 6.61. The molecule has 4 rings (SSSR count). The van der Waals surface area contributed by atoms with E-state index in [1.165, 1.54) is 5.57 Å². The van der Waals surface area contributed by atoms with Crippen molar-refractivity contribution >= 4 is 11.6 Å². The Kier molecular flexibility index (Phi) is 9.79. The molecule has 2 N–H and O–H groups in total. The highest BCUT2D eigenvalue weighted by molar-refractivity contribution is 5.94. The topological polar surface area (TPSA) is 77.4 Å². The second-order valence-electron chi connectivity index (χ2n) is 11.6. The van der Waals surface area contributed by atoms with Gasteiger partial charge >= 0.3 is 0 Å². The van der Waals surface area contributed by atoms with Crippen molar-refractivity contribution in [2.24, 2.45) is 5.92 Å². The van der Waals surface area contributed by atoms with Crippen molar-refractivity contribution in [1.82, 2.24) is 10.2 Å². The summed E-state index contributed by atoms with van der Waals surface area (Å²) >= 11 is 0. The van der Waals surface area contributed by atoms with Gasteiger partial charge in [0.1, 0.15) is 11.8 Å². The quantitative estimate of drug-likeness (QED) is 0.194. The van der Waals surface area contributed by atoms with Gasteiger partial charge in [-0.15, -0.1) is 6.42 Å². The lowest BCUT2D eigenvalue weighted by Gasteiger charge is -2.43. The summed E-state index contributed by atoms with van der Waals surface area (Å²) in [4.78, 5) is 15.1. The number of anilines is 1. The summed E-state index contributed by atoms with van der Waals surface area (Å²) < 4.78 is 5.53. The van der Waals surface area contributed by atoms with Gasteiger partial charge in [0.25, 0.3) is 5.91 Å². The Morgan fingerprint density at radius 2 is 2.00 bits per heavy atom. The second kappa shape index (κ2) is 13.3. The van der Waals surface area contributed by atoms with Crippen LogP contribution in [0.5, 0.6) is 5.75 Å². The molecule has 0 fully saturated rings. The van der Waals surface area contributed by atoms with E-state index >= 15 is 0 Å².